The summed E-state index contributed by atoms with van der Waals surface area (Å²) in [7, 11) is 0. The molecular weight excluding hydrogens is 279 g/mol. The fourth-order valence-corrected chi connectivity index (χ4v) is 2.43. The van der Waals surface area contributed by atoms with Crippen molar-refractivity contribution in [2.45, 2.75) is 13.0 Å². The highest BCUT2D eigenvalue weighted by Crippen LogP contribution is 2.29. The zero-order valence-electron chi connectivity index (χ0n) is 10.7. The number of halogens is 2. The summed E-state index contributed by atoms with van der Waals surface area (Å²) in [6.07, 6.45) is 1.72. The Hall–Kier alpha value is -2.14. The SMILES string of the molecule is CC(c1ccccn1)n1c(N)nc2cc(F)c(Cl)cc21. The van der Waals surface area contributed by atoms with Gasteiger partial charge in [0.2, 0.25) is 5.95 Å². The van der Waals surface area contributed by atoms with Crippen molar-refractivity contribution in [2.24, 2.45) is 0 Å². The fourth-order valence-electron chi connectivity index (χ4n) is 2.27. The van der Waals surface area contributed by atoms with Crippen LogP contribution in [-0.2, 0) is 0 Å². The number of nitrogen functional groups attached to an aromatic ring is 1. The second kappa shape index (κ2) is 4.76. The molecule has 4 nitrogen and oxygen atoms in total. The van der Waals surface area contributed by atoms with Crippen molar-refractivity contribution >= 4 is 28.6 Å². The van der Waals surface area contributed by atoms with Crippen LogP contribution in [0.5, 0.6) is 0 Å². The third kappa shape index (κ3) is 2.00. The van der Waals surface area contributed by atoms with Crippen LogP contribution in [0.1, 0.15) is 18.7 Å². The van der Waals surface area contributed by atoms with Crippen LogP contribution >= 0.6 is 11.6 Å². The zero-order chi connectivity index (χ0) is 14.3. The number of anilines is 1. The highest BCUT2D eigenvalue weighted by molar-refractivity contribution is 6.31. The standard InChI is InChI=1S/C14H12ClFN4/c1-8(11-4-2-3-5-18-11)20-13-6-9(15)10(16)7-12(13)19-14(20)17/h2-8H,1H3,(H2,17,19). The second-order valence-electron chi connectivity index (χ2n) is 4.53. The van der Waals surface area contributed by atoms with E-state index in [2.05, 4.69) is 9.97 Å². The predicted octanol–water partition coefficient (Wildman–Crippen LogP) is 3.42. The summed E-state index contributed by atoms with van der Waals surface area (Å²) in [4.78, 5) is 8.49. The van der Waals surface area contributed by atoms with Gasteiger partial charge in [-0.25, -0.2) is 9.37 Å². The van der Waals surface area contributed by atoms with Gasteiger partial charge in [-0.3, -0.25) is 4.98 Å². The summed E-state index contributed by atoms with van der Waals surface area (Å²) in [6.45, 7) is 1.96. The number of fused-ring (bicyclic) bond motifs is 1. The van der Waals surface area contributed by atoms with Gasteiger partial charge in [-0.2, -0.15) is 0 Å². The summed E-state index contributed by atoms with van der Waals surface area (Å²) in [5, 5.41) is 0.0480. The van der Waals surface area contributed by atoms with Gasteiger partial charge >= 0.3 is 0 Å². The van der Waals surface area contributed by atoms with E-state index in [0.717, 1.165) is 5.69 Å². The molecule has 3 rings (SSSR count). The van der Waals surface area contributed by atoms with Crippen molar-refractivity contribution in [3.05, 3.63) is 53.1 Å². The number of imidazole rings is 1. The molecule has 0 radical (unpaired) electrons. The summed E-state index contributed by atoms with van der Waals surface area (Å²) >= 11 is 5.85. The second-order valence-corrected chi connectivity index (χ2v) is 4.93. The summed E-state index contributed by atoms with van der Waals surface area (Å²) in [5.41, 5.74) is 7.96. The lowest BCUT2D eigenvalue weighted by molar-refractivity contribution is 0.628. The van der Waals surface area contributed by atoms with Crippen molar-refractivity contribution in [1.29, 1.82) is 0 Å². The van der Waals surface area contributed by atoms with Crippen LogP contribution in [0.25, 0.3) is 11.0 Å². The van der Waals surface area contributed by atoms with Gasteiger partial charge in [-0.1, -0.05) is 17.7 Å². The molecule has 20 heavy (non-hydrogen) atoms. The molecule has 102 valence electrons. The van der Waals surface area contributed by atoms with Gasteiger partial charge in [0.1, 0.15) is 5.82 Å². The normalized spacial score (nSPS) is 12.8. The molecule has 2 heterocycles. The Morgan fingerprint density at radius 2 is 2.15 bits per heavy atom. The fraction of sp³-hybridized carbons (Fsp3) is 0.143. The number of rotatable bonds is 2. The van der Waals surface area contributed by atoms with Crippen molar-refractivity contribution in [2.75, 3.05) is 5.73 Å². The lowest BCUT2D eigenvalue weighted by atomic mass is 10.2. The predicted molar refractivity (Wildman–Crippen MR) is 77.2 cm³/mol. The maximum absolute atomic E-state index is 13.5. The number of aromatic nitrogens is 3. The Bertz CT molecular complexity index is 770. The lowest BCUT2D eigenvalue weighted by Crippen LogP contribution is -2.11. The molecule has 1 atom stereocenters. The van der Waals surface area contributed by atoms with E-state index in [1.165, 1.54) is 12.1 Å². The van der Waals surface area contributed by atoms with Gasteiger partial charge in [0.05, 0.1) is 27.8 Å². The van der Waals surface area contributed by atoms with E-state index in [1.807, 2.05) is 25.1 Å². The van der Waals surface area contributed by atoms with Crippen LogP contribution in [0, 0.1) is 5.82 Å². The number of nitrogens with zero attached hydrogens (tertiary/aromatic N) is 3. The first-order valence-electron chi connectivity index (χ1n) is 6.11. The third-order valence-corrected chi connectivity index (χ3v) is 3.55. The lowest BCUT2D eigenvalue weighted by Gasteiger charge is -2.15. The minimum Gasteiger partial charge on any atom is -0.369 e. The van der Waals surface area contributed by atoms with Crippen LogP contribution in [0.2, 0.25) is 5.02 Å². The smallest absolute Gasteiger partial charge is 0.201 e. The van der Waals surface area contributed by atoms with Gasteiger partial charge < -0.3 is 10.3 Å². The molecule has 1 aromatic carbocycles. The molecule has 0 aliphatic heterocycles. The average Bonchev–Trinajstić information content (AvgIpc) is 2.75. The van der Waals surface area contributed by atoms with Crippen molar-refractivity contribution < 1.29 is 4.39 Å². The molecule has 0 bridgehead atoms. The number of pyridine rings is 1. The Balaban J connectivity index is 2.21. The van der Waals surface area contributed by atoms with Crippen molar-refractivity contribution in [3.63, 3.8) is 0 Å². The molecule has 2 aromatic heterocycles. The number of hydrogen-bond acceptors (Lipinski definition) is 3. The molecule has 0 aliphatic rings. The zero-order valence-corrected chi connectivity index (χ0v) is 11.5. The minimum absolute atomic E-state index is 0.0480. The first-order valence-corrected chi connectivity index (χ1v) is 6.49. The molecular formula is C14H12ClFN4. The van der Waals surface area contributed by atoms with Gasteiger partial charge in [-0.15, -0.1) is 0 Å². The van der Waals surface area contributed by atoms with Crippen molar-refractivity contribution in [1.82, 2.24) is 14.5 Å². The van der Waals surface area contributed by atoms with E-state index in [9.17, 15) is 4.39 Å². The average molecular weight is 291 g/mol. The monoisotopic (exact) mass is 290 g/mol. The quantitative estimate of drug-likeness (QED) is 0.787. The molecule has 0 saturated carbocycles. The topological polar surface area (TPSA) is 56.7 Å². The molecule has 0 saturated heterocycles. The Labute approximate surface area is 120 Å². The number of hydrogen-bond donors (Lipinski definition) is 1. The van der Waals surface area contributed by atoms with E-state index < -0.39 is 5.82 Å². The Morgan fingerprint density at radius 1 is 1.35 bits per heavy atom. The van der Waals surface area contributed by atoms with Crippen LogP contribution in [0.15, 0.2) is 36.5 Å². The van der Waals surface area contributed by atoms with E-state index in [4.69, 9.17) is 17.3 Å². The van der Waals surface area contributed by atoms with E-state index in [-0.39, 0.29) is 11.1 Å². The van der Waals surface area contributed by atoms with Crippen LogP contribution in [0.4, 0.5) is 10.3 Å². The Kier molecular flexibility index (Phi) is 3.06. The van der Waals surface area contributed by atoms with Crippen LogP contribution in [-0.4, -0.2) is 14.5 Å². The van der Waals surface area contributed by atoms with Gasteiger partial charge in [0.15, 0.2) is 0 Å². The maximum Gasteiger partial charge on any atom is 0.201 e. The first-order chi connectivity index (χ1) is 9.58. The first kappa shape index (κ1) is 12.9. The molecule has 0 aliphatic carbocycles. The van der Waals surface area contributed by atoms with Crippen molar-refractivity contribution in [3.8, 4) is 0 Å². The minimum atomic E-state index is -0.505. The molecule has 3 aromatic rings. The number of nitrogens with two attached hydrogens (primary N) is 1. The van der Waals surface area contributed by atoms with E-state index in [1.54, 1.807) is 10.8 Å². The molecule has 6 heteroatoms. The molecule has 2 N–H and O–H groups in total. The van der Waals surface area contributed by atoms with Gasteiger partial charge in [0.25, 0.3) is 0 Å². The van der Waals surface area contributed by atoms with Crippen LogP contribution in [0.3, 0.4) is 0 Å². The van der Waals surface area contributed by atoms with E-state index >= 15 is 0 Å². The molecule has 0 spiro atoms. The summed E-state index contributed by atoms with van der Waals surface area (Å²) in [5.74, 6) is -0.200. The van der Waals surface area contributed by atoms with Crippen LogP contribution < -0.4 is 5.73 Å². The molecule has 0 fully saturated rings. The molecule has 0 amide bonds. The van der Waals surface area contributed by atoms with Gasteiger partial charge in [0, 0.05) is 12.3 Å². The van der Waals surface area contributed by atoms with E-state index in [0.29, 0.717) is 17.0 Å². The molecule has 1 unspecified atom stereocenters. The largest absolute Gasteiger partial charge is 0.369 e. The number of benzene rings is 1. The summed E-state index contributed by atoms with van der Waals surface area (Å²) < 4.78 is 15.3. The highest BCUT2D eigenvalue weighted by Gasteiger charge is 2.18. The third-order valence-electron chi connectivity index (χ3n) is 3.26. The highest BCUT2D eigenvalue weighted by atomic mass is 35.5. The summed E-state index contributed by atoms with van der Waals surface area (Å²) in [6, 6.07) is 8.35. The Morgan fingerprint density at radius 3 is 2.85 bits per heavy atom. The van der Waals surface area contributed by atoms with Gasteiger partial charge in [-0.05, 0) is 25.1 Å². The maximum atomic E-state index is 13.5.